The van der Waals surface area contributed by atoms with Gasteiger partial charge in [-0.1, -0.05) is 47.0 Å². The maximum atomic E-state index is 11.0. The van der Waals surface area contributed by atoms with Crippen LogP contribution in [0.5, 0.6) is 0 Å². The summed E-state index contributed by atoms with van der Waals surface area (Å²) in [5.74, 6) is -0.0306. The van der Waals surface area contributed by atoms with E-state index in [4.69, 9.17) is 4.74 Å². The molecule has 0 unspecified atom stereocenters. The van der Waals surface area contributed by atoms with Crippen molar-refractivity contribution in [2.75, 3.05) is 6.61 Å². The summed E-state index contributed by atoms with van der Waals surface area (Å²) < 4.78 is 4.99. The van der Waals surface area contributed by atoms with Crippen LogP contribution < -0.4 is 0 Å². The Kier molecular flexibility index (Phi) is 26.6. The predicted octanol–water partition coefficient (Wildman–Crippen LogP) is 2.75. The summed E-state index contributed by atoms with van der Waals surface area (Å²) in [7, 11) is 0. The Hall–Kier alpha value is 0.00247. The molecule has 0 heterocycles. The lowest BCUT2D eigenvalue weighted by Crippen LogP contribution is -2.05. The van der Waals surface area contributed by atoms with Crippen molar-refractivity contribution in [1.82, 2.24) is 0 Å². The first-order valence-electron chi connectivity index (χ1n) is 5.96. The number of hydrogen-bond acceptors (Lipinski definition) is 2. The minimum absolute atomic E-state index is 0. The molecule has 2 nitrogen and oxygen atoms in total. The maximum absolute atomic E-state index is 11.0. The fourth-order valence-corrected chi connectivity index (χ4v) is 0.922. The van der Waals surface area contributed by atoms with E-state index in [1.54, 1.807) is 0 Å². The monoisotopic (exact) mass is 232 g/mol. The van der Waals surface area contributed by atoms with E-state index >= 15 is 0 Å². The Morgan fingerprint density at radius 3 is 2.00 bits per heavy atom. The van der Waals surface area contributed by atoms with Crippen LogP contribution >= 0.6 is 0 Å². The lowest BCUT2D eigenvalue weighted by Gasteiger charge is -2.02. The van der Waals surface area contributed by atoms with Crippen LogP contribution in [-0.4, -0.2) is 29.9 Å². The molecule has 0 aliphatic rings. The topological polar surface area (TPSA) is 26.3 Å². The third kappa shape index (κ3) is 20.2. The Labute approximate surface area is 106 Å². The summed E-state index contributed by atoms with van der Waals surface area (Å²) in [6.45, 7) is 8.81. The van der Waals surface area contributed by atoms with Crippen molar-refractivity contribution >= 4 is 23.3 Å². The van der Waals surface area contributed by atoms with Crippen molar-refractivity contribution < 1.29 is 9.53 Å². The highest BCUT2D eigenvalue weighted by Crippen LogP contribution is 2.00. The van der Waals surface area contributed by atoms with E-state index in [2.05, 4.69) is 13.8 Å². The predicted molar refractivity (Wildman–Crippen MR) is 71.3 cm³/mol. The van der Waals surface area contributed by atoms with E-state index < -0.39 is 0 Å². The number of carbonyl (C=O) groups is 1. The van der Waals surface area contributed by atoms with E-state index in [9.17, 15) is 4.79 Å². The zero-order valence-corrected chi connectivity index (χ0v) is 10.3. The van der Waals surface area contributed by atoms with Gasteiger partial charge in [-0.2, -0.15) is 0 Å². The fourth-order valence-electron chi connectivity index (χ4n) is 0.922. The van der Waals surface area contributed by atoms with Gasteiger partial charge in [-0.3, -0.25) is 4.79 Å². The molecule has 0 aliphatic carbocycles. The molecule has 0 aromatic rings. The molecular weight excluding hydrogens is 203 g/mol. The van der Waals surface area contributed by atoms with E-state index in [0.29, 0.717) is 13.0 Å². The Balaban J connectivity index is -0.000000449. The molecule has 0 bridgehead atoms. The van der Waals surface area contributed by atoms with Crippen LogP contribution in [0.3, 0.4) is 0 Å². The van der Waals surface area contributed by atoms with Crippen molar-refractivity contribution in [2.45, 2.75) is 66.2 Å². The quantitative estimate of drug-likeness (QED) is 0.383. The molecule has 0 aliphatic heterocycles. The highest BCUT2D eigenvalue weighted by Gasteiger charge is 2.00. The molecular formula is C12H29AlO2. The molecule has 92 valence electrons. The van der Waals surface area contributed by atoms with Gasteiger partial charge in [0.2, 0.25) is 0 Å². The summed E-state index contributed by atoms with van der Waals surface area (Å²) >= 11 is 0. The summed E-state index contributed by atoms with van der Waals surface area (Å²) in [6.07, 6.45) is 5.92. The number of esters is 1. The van der Waals surface area contributed by atoms with Crippen molar-refractivity contribution in [2.24, 2.45) is 0 Å². The van der Waals surface area contributed by atoms with Crippen molar-refractivity contribution in [3.05, 3.63) is 0 Å². The first kappa shape index (κ1) is 20.4. The zero-order chi connectivity index (χ0) is 11.2. The van der Waals surface area contributed by atoms with Gasteiger partial charge in [-0.15, -0.1) is 0 Å². The summed E-state index contributed by atoms with van der Waals surface area (Å²) in [6, 6.07) is 0. The molecule has 0 radical (unpaired) electrons. The molecule has 0 aromatic carbocycles. The van der Waals surface area contributed by atoms with Crippen LogP contribution in [-0.2, 0) is 9.53 Å². The van der Waals surface area contributed by atoms with Crippen LogP contribution in [0.1, 0.15) is 66.2 Å². The first-order chi connectivity index (χ1) is 6.81. The van der Waals surface area contributed by atoms with Crippen molar-refractivity contribution in [3.8, 4) is 0 Å². The van der Waals surface area contributed by atoms with Crippen LogP contribution in [0.2, 0.25) is 0 Å². The van der Waals surface area contributed by atoms with Crippen molar-refractivity contribution in [3.63, 3.8) is 0 Å². The van der Waals surface area contributed by atoms with Gasteiger partial charge in [0.15, 0.2) is 17.4 Å². The molecule has 0 rings (SSSR count). The largest absolute Gasteiger partial charge is 0.466 e. The highest BCUT2D eigenvalue weighted by atomic mass is 27.0. The second-order valence-corrected chi connectivity index (χ2v) is 3.03. The van der Waals surface area contributed by atoms with Gasteiger partial charge in [-0.25, -0.2) is 0 Å². The summed E-state index contributed by atoms with van der Waals surface area (Å²) in [4.78, 5) is 11.0. The maximum Gasteiger partial charge on any atom is 0.305 e. The molecule has 0 amide bonds. The standard InChI is InChI=1S/C10H20O2.C2H6.Al.3H/c1-3-5-7-8-10(11)12-9-6-4-2;1-2;;;;/h3-9H2,1-2H3;1-2H3;;;;. The van der Waals surface area contributed by atoms with Gasteiger partial charge >= 0.3 is 5.97 Å². The van der Waals surface area contributed by atoms with Crippen LogP contribution in [0.4, 0.5) is 0 Å². The number of rotatable bonds is 7. The van der Waals surface area contributed by atoms with Gasteiger partial charge in [-0.05, 0) is 12.8 Å². The number of unbranched alkanes of at least 4 members (excludes halogenated alkanes) is 3. The Bertz CT molecular complexity index is 104. The highest BCUT2D eigenvalue weighted by molar-refractivity contribution is 5.75. The third-order valence-electron chi connectivity index (χ3n) is 1.75. The molecule has 0 fully saturated rings. The average molecular weight is 232 g/mol. The summed E-state index contributed by atoms with van der Waals surface area (Å²) in [5.41, 5.74) is 0. The third-order valence-corrected chi connectivity index (χ3v) is 1.75. The molecule has 0 spiro atoms. The lowest BCUT2D eigenvalue weighted by atomic mass is 10.2. The number of carbonyl (C=O) groups excluding carboxylic acids is 1. The van der Waals surface area contributed by atoms with Gasteiger partial charge in [0.05, 0.1) is 6.61 Å². The summed E-state index contributed by atoms with van der Waals surface area (Å²) in [5, 5.41) is 0. The number of hydrogen-bond donors (Lipinski definition) is 0. The smallest absolute Gasteiger partial charge is 0.305 e. The minimum Gasteiger partial charge on any atom is -0.466 e. The van der Waals surface area contributed by atoms with E-state index in [-0.39, 0.29) is 23.3 Å². The van der Waals surface area contributed by atoms with Crippen molar-refractivity contribution in [1.29, 1.82) is 0 Å². The Morgan fingerprint density at radius 1 is 1.00 bits per heavy atom. The SMILES string of the molecule is CC.CCCCCC(=O)OCCCC.[AlH3]. The molecule has 3 heteroatoms. The second kappa shape index (κ2) is 19.6. The van der Waals surface area contributed by atoms with E-state index in [1.165, 1.54) is 0 Å². The van der Waals surface area contributed by atoms with Gasteiger partial charge in [0.1, 0.15) is 0 Å². The van der Waals surface area contributed by atoms with Gasteiger partial charge in [0, 0.05) is 6.42 Å². The Morgan fingerprint density at radius 2 is 1.53 bits per heavy atom. The minimum atomic E-state index is -0.0306. The average Bonchev–Trinajstić information content (AvgIpc) is 2.22. The molecule has 0 saturated carbocycles. The second-order valence-electron chi connectivity index (χ2n) is 3.03. The first-order valence-corrected chi connectivity index (χ1v) is 5.96. The molecule has 0 aromatic heterocycles. The zero-order valence-electron chi connectivity index (χ0n) is 10.3. The van der Waals surface area contributed by atoms with E-state index in [0.717, 1.165) is 32.1 Å². The normalized spacial score (nSPS) is 8.27. The van der Waals surface area contributed by atoms with Crippen LogP contribution in [0, 0.1) is 0 Å². The lowest BCUT2D eigenvalue weighted by molar-refractivity contribution is -0.143. The van der Waals surface area contributed by atoms with Crippen LogP contribution in [0.25, 0.3) is 0 Å². The fraction of sp³-hybridized carbons (Fsp3) is 0.917. The number of ether oxygens (including phenoxy) is 1. The molecule has 0 saturated heterocycles. The van der Waals surface area contributed by atoms with Gasteiger partial charge in [0.25, 0.3) is 0 Å². The van der Waals surface area contributed by atoms with Crippen LogP contribution in [0.15, 0.2) is 0 Å². The molecule has 15 heavy (non-hydrogen) atoms. The van der Waals surface area contributed by atoms with E-state index in [1.807, 2.05) is 13.8 Å². The molecule has 0 N–H and O–H groups in total. The van der Waals surface area contributed by atoms with Gasteiger partial charge < -0.3 is 4.74 Å². The molecule has 0 atom stereocenters.